The van der Waals surface area contributed by atoms with Crippen LogP contribution in [0.1, 0.15) is 32.1 Å². The van der Waals surface area contributed by atoms with Gasteiger partial charge in [-0.05, 0) is 25.8 Å². The highest BCUT2D eigenvalue weighted by Gasteiger charge is 2.50. The molecule has 3 heteroatoms. The van der Waals surface area contributed by atoms with E-state index in [-0.39, 0.29) is 18.4 Å². The quantitative estimate of drug-likeness (QED) is 0.572. The minimum absolute atomic E-state index is 0.0694. The van der Waals surface area contributed by atoms with Gasteiger partial charge in [-0.3, -0.25) is 0 Å². The van der Waals surface area contributed by atoms with Gasteiger partial charge in [0.15, 0.2) is 0 Å². The molecule has 1 heterocycles. The Morgan fingerprint density at radius 2 is 1.91 bits per heavy atom. The summed E-state index contributed by atoms with van der Waals surface area (Å²) in [6.07, 6.45) is 2.83. The average molecular weight is 161 g/mol. The van der Waals surface area contributed by atoms with E-state index >= 15 is 0 Å². The third-order valence-corrected chi connectivity index (χ3v) is 2.90. The molecular weight excluding hydrogens is 148 g/mol. The van der Waals surface area contributed by atoms with E-state index in [0.29, 0.717) is 6.42 Å². The minimum Gasteiger partial charge on any atom is -0.311 e. The Morgan fingerprint density at radius 3 is 2.36 bits per heavy atom. The normalized spacial score (nSPS) is 42.0. The molecule has 0 aromatic rings. The summed E-state index contributed by atoms with van der Waals surface area (Å²) in [6.45, 7) is 0.927. The summed E-state index contributed by atoms with van der Waals surface area (Å²) in [6, 6.07) is 0. The van der Waals surface area contributed by atoms with Gasteiger partial charge in [-0.2, -0.15) is 0 Å². The predicted octanol–water partition coefficient (Wildman–Crippen LogP) is 1.93. The van der Waals surface area contributed by atoms with E-state index in [2.05, 4.69) is 5.32 Å². The van der Waals surface area contributed by atoms with E-state index in [1.165, 1.54) is 0 Å². The number of halogens is 2. The molecule has 0 radical (unpaired) electrons. The van der Waals surface area contributed by atoms with Gasteiger partial charge in [-0.25, -0.2) is 8.78 Å². The van der Waals surface area contributed by atoms with Gasteiger partial charge in [0.1, 0.15) is 0 Å². The molecule has 0 aromatic heterocycles. The zero-order valence-corrected chi connectivity index (χ0v) is 6.50. The topological polar surface area (TPSA) is 12.0 Å². The highest BCUT2D eigenvalue weighted by atomic mass is 19.3. The lowest BCUT2D eigenvalue weighted by Gasteiger charge is -2.22. The smallest absolute Gasteiger partial charge is 0.250 e. The van der Waals surface area contributed by atoms with Gasteiger partial charge < -0.3 is 5.32 Å². The second-order valence-corrected chi connectivity index (χ2v) is 3.84. The van der Waals surface area contributed by atoms with Gasteiger partial charge in [-0.1, -0.05) is 0 Å². The number of rotatable bonds is 0. The summed E-state index contributed by atoms with van der Waals surface area (Å²) in [4.78, 5) is 0. The second-order valence-electron chi connectivity index (χ2n) is 3.84. The summed E-state index contributed by atoms with van der Waals surface area (Å²) in [5, 5.41) is 3.21. The first-order valence-corrected chi connectivity index (χ1v) is 4.25. The average Bonchev–Trinajstić information content (AvgIpc) is 2.43. The Morgan fingerprint density at radius 1 is 1.09 bits per heavy atom. The molecule has 1 N–H and O–H groups in total. The van der Waals surface area contributed by atoms with Crippen LogP contribution in [-0.2, 0) is 0 Å². The first-order valence-electron chi connectivity index (χ1n) is 4.25. The predicted molar refractivity (Wildman–Crippen MR) is 38.8 cm³/mol. The molecule has 64 valence electrons. The zero-order chi connectivity index (χ0) is 7.95. The minimum atomic E-state index is -2.39. The molecule has 1 saturated heterocycles. The van der Waals surface area contributed by atoms with Crippen molar-refractivity contribution in [2.45, 2.75) is 43.6 Å². The molecule has 1 atom stereocenters. The van der Waals surface area contributed by atoms with Gasteiger partial charge in [-0.15, -0.1) is 0 Å². The molecule has 0 bridgehead atoms. The van der Waals surface area contributed by atoms with Crippen LogP contribution in [-0.4, -0.2) is 18.0 Å². The summed E-state index contributed by atoms with van der Waals surface area (Å²) < 4.78 is 25.6. The van der Waals surface area contributed by atoms with E-state index in [0.717, 1.165) is 19.4 Å². The molecule has 0 aromatic carbocycles. The fourth-order valence-corrected chi connectivity index (χ4v) is 2.33. The van der Waals surface area contributed by atoms with Crippen molar-refractivity contribution >= 4 is 0 Å². The van der Waals surface area contributed by atoms with Crippen LogP contribution in [0.3, 0.4) is 0 Å². The molecule has 11 heavy (non-hydrogen) atoms. The van der Waals surface area contributed by atoms with E-state index in [1.807, 2.05) is 0 Å². The highest BCUT2D eigenvalue weighted by molar-refractivity contribution is 5.02. The lowest BCUT2D eigenvalue weighted by molar-refractivity contribution is 0.00201. The maximum Gasteiger partial charge on any atom is 0.250 e. The van der Waals surface area contributed by atoms with Gasteiger partial charge in [0.2, 0.25) is 5.92 Å². The van der Waals surface area contributed by atoms with Crippen molar-refractivity contribution in [2.24, 2.45) is 0 Å². The number of hydrogen-bond donors (Lipinski definition) is 1. The van der Waals surface area contributed by atoms with Gasteiger partial charge >= 0.3 is 0 Å². The zero-order valence-electron chi connectivity index (χ0n) is 6.50. The van der Waals surface area contributed by atoms with E-state index < -0.39 is 5.92 Å². The molecule has 2 rings (SSSR count). The standard InChI is InChI=1S/C8H13F2N/c9-8(10)4-3-7(6-8)2-1-5-11-7/h11H,1-6H2. The Bertz CT molecular complexity index is 161. The third kappa shape index (κ3) is 1.26. The van der Waals surface area contributed by atoms with Gasteiger partial charge in [0.05, 0.1) is 0 Å². The van der Waals surface area contributed by atoms with Crippen molar-refractivity contribution in [3.63, 3.8) is 0 Å². The number of nitrogens with one attached hydrogen (secondary N) is 1. The van der Waals surface area contributed by atoms with Crippen LogP contribution in [0.15, 0.2) is 0 Å². The van der Waals surface area contributed by atoms with E-state index in [1.54, 1.807) is 0 Å². The lowest BCUT2D eigenvalue weighted by Crippen LogP contribution is -2.37. The maximum absolute atomic E-state index is 12.8. The number of hydrogen-bond acceptors (Lipinski definition) is 1. The van der Waals surface area contributed by atoms with E-state index in [4.69, 9.17) is 0 Å². The Balaban J connectivity index is 2.07. The Kier molecular flexibility index (Phi) is 1.46. The first kappa shape index (κ1) is 7.47. The van der Waals surface area contributed by atoms with Crippen molar-refractivity contribution < 1.29 is 8.78 Å². The number of alkyl halides is 2. The van der Waals surface area contributed by atoms with Gasteiger partial charge in [0, 0.05) is 18.4 Å². The van der Waals surface area contributed by atoms with Crippen LogP contribution in [0.5, 0.6) is 0 Å². The Hall–Kier alpha value is -0.180. The molecule has 1 nitrogen and oxygen atoms in total. The third-order valence-electron chi connectivity index (χ3n) is 2.90. The van der Waals surface area contributed by atoms with E-state index in [9.17, 15) is 8.78 Å². The lowest BCUT2D eigenvalue weighted by atomic mass is 9.96. The molecule has 1 aliphatic heterocycles. The second kappa shape index (κ2) is 2.16. The van der Waals surface area contributed by atoms with Crippen LogP contribution in [0.4, 0.5) is 8.78 Å². The maximum atomic E-state index is 12.8. The molecule has 1 aliphatic carbocycles. The first-order chi connectivity index (χ1) is 5.12. The van der Waals surface area contributed by atoms with Crippen molar-refractivity contribution in [1.82, 2.24) is 5.32 Å². The highest BCUT2D eigenvalue weighted by Crippen LogP contribution is 2.45. The fraction of sp³-hybridized carbons (Fsp3) is 1.00. The summed E-state index contributed by atoms with van der Waals surface area (Å²) in [7, 11) is 0. The summed E-state index contributed by atoms with van der Waals surface area (Å²) in [5.41, 5.74) is -0.177. The monoisotopic (exact) mass is 161 g/mol. The van der Waals surface area contributed by atoms with Crippen LogP contribution in [0.2, 0.25) is 0 Å². The van der Waals surface area contributed by atoms with Gasteiger partial charge in [0.25, 0.3) is 0 Å². The molecule has 1 unspecified atom stereocenters. The fourth-order valence-electron chi connectivity index (χ4n) is 2.33. The van der Waals surface area contributed by atoms with Crippen molar-refractivity contribution in [3.8, 4) is 0 Å². The Labute approximate surface area is 65.2 Å². The van der Waals surface area contributed by atoms with Crippen LogP contribution in [0.25, 0.3) is 0 Å². The molecule has 2 aliphatic rings. The largest absolute Gasteiger partial charge is 0.311 e. The molecule has 2 fully saturated rings. The molecular formula is C8H13F2N. The summed E-state index contributed by atoms with van der Waals surface area (Å²) in [5.74, 6) is -2.39. The van der Waals surface area contributed by atoms with Crippen LogP contribution >= 0.6 is 0 Å². The SMILES string of the molecule is FC1(F)CCC2(CCCN2)C1. The summed E-state index contributed by atoms with van der Waals surface area (Å²) >= 11 is 0. The molecule has 1 spiro atoms. The van der Waals surface area contributed by atoms with Crippen LogP contribution in [0, 0.1) is 0 Å². The van der Waals surface area contributed by atoms with Crippen LogP contribution < -0.4 is 5.32 Å². The van der Waals surface area contributed by atoms with Crippen molar-refractivity contribution in [3.05, 3.63) is 0 Å². The molecule has 1 saturated carbocycles. The molecule has 0 amide bonds. The van der Waals surface area contributed by atoms with Crippen molar-refractivity contribution in [2.75, 3.05) is 6.54 Å². The van der Waals surface area contributed by atoms with Crippen molar-refractivity contribution in [1.29, 1.82) is 0 Å².